The molecule has 0 saturated carbocycles. The first-order valence-corrected chi connectivity index (χ1v) is 5.57. The number of hydrogen-bond donors (Lipinski definition) is 1. The predicted octanol–water partition coefficient (Wildman–Crippen LogP) is 2.61. The lowest BCUT2D eigenvalue weighted by Crippen LogP contribution is -2.09. The number of halogens is 3. The topological polar surface area (TPSA) is 59.9 Å². The zero-order chi connectivity index (χ0) is 14.8. The molecular formula is C12H11F3N4O. The van der Waals surface area contributed by atoms with Gasteiger partial charge >= 0.3 is 6.18 Å². The standard InChI is InChI=1S/C12H11F3N4O/c1-16-11-10(20-2)9(18-6-19-11)7-5-17-4-3-8(7)12(13,14)15/h3-6H,1-2H3,(H,16,18,19). The average molecular weight is 284 g/mol. The molecule has 106 valence electrons. The molecule has 0 aromatic carbocycles. The molecule has 0 spiro atoms. The molecule has 1 N–H and O–H groups in total. The maximum atomic E-state index is 13.0. The minimum atomic E-state index is -4.51. The molecule has 0 unspecified atom stereocenters. The fourth-order valence-corrected chi connectivity index (χ4v) is 1.77. The molecule has 8 heteroatoms. The van der Waals surface area contributed by atoms with Gasteiger partial charge in [-0.15, -0.1) is 0 Å². The summed E-state index contributed by atoms with van der Waals surface area (Å²) in [6.07, 6.45) is -1.16. The van der Waals surface area contributed by atoms with E-state index in [9.17, 15) is 13.2 Å². The maximum absolute atomic E-state index is 13.0. The second-order valence-corrected chi connectivity index (χ2v) is 3.77. The molecule has 0 saturated heterocycles. The highest BCUT2D eigenvalue weighted by Crippen LogP contribution is 2.40. The van der Waals surface area contributed by atoms with E-state index in [0.717, 1.165) is 24.8 Å². The molecule has 0 bridgehead atoms. The SMILES string of the molecule is CNc1ncnc(-c2cnccc2C(F)(F)F)c1OC. The molecular weight excluding hydrogens is 273 g/mol. The van der Waals surface area contributed by atoms with Gasteiger partial charge in [-0.3, -0.25) is 4.98 Å². The highest BCUT2D eigenvalue weighted by atomic mass is 19.4. The van der Waals surface area contributed by atoms with Gasteiger partial charge in [0.05, 0.1) is 12.7 Å². The van der Waals surface area contributed by atoms with Crippen molar-refractivity contribution in [3.63, 3.8) is 0 Å². The van der Waals surface area contributed by atoms with Crippen LogP contribution in [0.2, 0.25) is 0 Å². The first-order valence-electron chi connectivity index (χ1n) is 5.57. The van der Waals surface area contributed by atoms with Crippen LogP contribution in [-0.2, 0) is 6.18 Å². The summed E-state index contributed by atoms with van der Waals surface area (Å²) in [5.41, 5.74) is -0.949. The summed E-state index contributed by atoms with van der Waals surface area (Å²) in [7, 11) is 2.93. The maximum Gasteiger partial charge on any atom is 0.417 e. The fraction of sp³-hybridized carbons (Fsp3) is 0.250. The van der Waals surface area contributed by atoms with Gasteiger partial charge in [0, 0.05) is 25.0 Å². The zero-order valence-electron chi connectivity index (χ0n) is 10.7. The molecule has 0 aliphatic rings. The quantitative estimate of drug-likeness (QED) is 0.938. The number of alkyl halides is 3. The van der Waals surface area contributed by atoms with Crippen molar-refractivity contribution < 1.29 is 17.9 Å². The van der Waals surface area contributed by atoms with Gasteiger partial charge < -0.3 is 10.1 Å². The Hall–Kier alpha value is -2.38. The van der Waals surface area contributed by atoms with E-state index in [1.54, 1.807) is 7.05 Å². The zero-order valence-corrected chi connectivity index (χ0v) is 10.7. The Balaban J connectivity index is 2.70. The molecule has 2 aromatic heterocycles. The second kappa shape index (κ2) is 5.32. The second-order valence-electron chi connectivity index (χ2n) is 3.77. The molecule has 0 fully saturated rings. The Bertz CT molecular complexity index is 616. The molecule has 20 heavy (non-hydrogen) atoms. The van der Waals surface area contributed by atoms with Crippen LogP contribution in [0.1, 0.15) is 5.56 Å². The van der Waals surface area contributed by atoms with E-state index in [-0.39, 0.29) is 17.0 Å². The van der Waals surface area contributed by atoms with Crippen LogP contribution >= 0.6 is 0 Å². The van der Waals surface area contributed by atoms with E-state index in [1.165, 1.54) is 7.11 Å². The van der Waals surface area contributed by atoms with Crippen molar-refractivity contribution in [3.8, 4) is 17.0 Å². The summed E-state index contributed by atoms with van der Waals surface area (Å²) in [5.74, 6) is 0.433. The summed E-state index contributed by atoms with van der Waals surface area (Å²) < 4.78 is 44.2. The minimum Gasteiger partial charge on any atom is -0.491 e. The lowest BCUT2D eigenvalue weighted by molar-refractivity contribution is -0.137. The lowest BCUT2D eigenvalue weighted by atomic mass is 10.1. The predicted molar refractivity (Wildman–Crippen MR) is 66.4 cm³/mol. The Morgan fingerprint density at radius 2 is 2.00 bits per heavy atom. The average Bonchev–Trinajstić information content (AvgIpc) is 2.45. The monoisotopic (exact) mass is 284 g/mol. The molecule has 2 heterocycles. The molecule has 5 nitrogen and oxygen atoms in total. The van der Waals surface area contributed by atoms with Crippen LogP contribution in [0.3, 0.4) is 0 Å². The number of aromatic nitrogens is 3. The number of pyridine rings is 1. The highest BCUT2D eigenvalue weighted by molar-refractivity contribution is 5.74. The summed E-state index contributed by atoms with van der Waals surface area (Å²) in [5, 5.41) is 2.74. The van der Waals surface area contributed by atoms with Gasteiger partial charge in [0.15, 0.2) is 11.6 Å². The Morgan fingerprint density at radius 3 is 2.60 bits per heavy atom. The number of nitrogens with zero attached hydrogens (tertiary/aromatic N) is 3. The van der Waals surface area contributed by atoms with E-state index in [2.05, 4.69) is 20.3 Å². The van der Waals surface area contributed by atoms with Crippen molar-refractivity contribution in [2.24, 2.45) is 0 Å². The molecule has 0 atom stereocenters. The van der Waals surface area contributed by atoms with Crippen LogP contribution in [0.15, 0.2) is 24.8 Å². The van der Waals surface area contributed by atoms with E-state index in [1.807, 2.05) is 0 Å². The molecule has 2 rings (SSSR count). The molecule has 0 aliphatic carbocycles. The van der Waals surface area contributed by atoms with Crippen molar-refractivity contribution in [1.82, 2.24) is 15.0 Å². The fourth-order valence-electron chi connectivity index (χ4n) is 1.77. The van der Waals surface area contributed by atoms with Crippen molar-refractivity contribution in [2.75, 3.05) is 19.5 Å². The van der Waals surface area contributed by atoms with Gasteiger partial charge in [0.1, 0.15) is 12.0 Å². The van der Waals surface area contributed by atoms with E-state index in [4.69, 9.17) is 4.74 Å². The molecule has 0 radical (unpaired) electrons. The first kappa shape index (κ1) is 14.0. The molecule has 0 amide bonds. The Labute approximate surface area is 112 Å². The number of ether oxygens (including phenoxy) is 1. The first-order chi connectivity index (χ1) is 9.49. The number of methoxy groups -OCH3 is 1. The lowest BCUT2D eigenvalue weighted by Gasteiger charge is -2.15. The summed E-state index contributed by atoms with van der Waals surface area (Å²) in [6, 6.07) is 0.899. The molecule has 2 aromatic rings. The van der Waals surface area contributed by atoms with E-state index < -0.39 is 11.7 Å². The van der Waals surface area contributed by atoms with Gasteiger partial charge in [-0.1, -0.05) is 0 Å². The van der Waals surface area contributed by atoms with Crippen LogP contribution in [0.25, 0.3) is 11.3 Å². The number of anilines is 1. The van der Waals surface area contributed by atoms with Crippen LogP contribution in [-0.4, -0.2) is 29.1 Å². The summed E-state index contributed by atoms with van der Waals surface area (Å²) >= 11 is 0. The van der Waals surface area contributed by atoms with Crippen LogP contribution < -0.4 is 10.1 Å². The van der Waals surface area contributed by atoms with Crippen LogP contribution in [0.5, 0.6) is 5.75 Å². The molecule has 0 aliphatic heterocycles. The summed E-state index contributed by atoms with van der Waals surface area (Å²) in [4.78, 5) is 11.5. The Morgan fingerprint density at radius 1 is 1.25 bits per heavy atom. The van der Waals surface area contributed by atoms with Gasteiger partial charge in [-0.25, -0.2) is 9.97 Å². The number of rotatable bonds is 3. The number of hydrogen-bond acceptors (Lipinski definition) is 5. The van der Waals surface area contributed by atoms with Gasteiger partial charge in [0.25, 0.3) is 0 Å². The Kier molecular flexibility index (Phi) is 3.73. The third-order valence-corrected chi connectivity index (χ3v) is 2.63. The third-order valence-electron chi connectivity index (χ3n) is 2.63. The largest absolute Gasteiger partial charge is 0.491 e. The van der Waals surface area contributed by atoms with E-state index in [0.29, 0.717) is 5.82 Å². The summed E-state index contributed by atoms with van der Waals surface area (Å²) in [6.45, 7) is 0. The highest BCUT2D eigenvalue weighted by Gasteiger charge is 2.35. The number of nitrogens with one attached hydrogen (secondary N) is 1. The van der Waals surface area contributed by atoms with Crippen molar-refractivity contribution in [3.05, 3.63) is 30.4 Å². The van der Waals surface area contributed by atoms with Gasteiger partial charge in [-0.2, -0.15) is 13.2 Å². The van der Waals surface area contributed by atoms with Crippen molar-refractivity contribution >= 4 is 5.82 Å². The van der Waals surface area contributed by atoms with E-state index >= 15 is 0 Å². The normalized spacial score (nSPS) is 11.2. The van der Waals surface area contributed by atoms with Crippen LogP contribution in [0, 0.1) is 0 Å². The third kappa shape index (κ3) is 2.49. The van der Waals surface area contributed by atoms with Gasteiger partial charge in [0.2, 0.25) is 0 Å². The minimum absolute atomic E-state index is 0.0345. The van der Waals surface area contributed by atoms with Crippen molar-refractivity contribution in [1.29, 1.82) is 0 Å². The van der Waals surface area contributed by atoms with Gasteiger partial charge in [-0.05, 0) is 6.07 Å². The van der Waals surface area contributed by atoms with Crippen LogP contribution in [0.4, 0.5) is 19.0 Å². The smallest absolute Gasteiger partial charge is 0.417 e. The van der Waals surface area contributed by atoms with Crippen molar-refractivity contribution in [2.45, 2.75) is 6.18 Å².